The van der Waals surface area contributed by atoms with E-state index in [0.29, 0.717) is 0 Å². The van der Waals surface area contributed by atoms with Gasteiger partial charge in [0, 0.05) is 23.1 Å². The number of nitrogens with two attached hydrogens (primary N) is 1. The van der Waals surface area contributed by atoms with Crippen molar-refractivity contribution < 1.29 is 0 Å². The van der Waals surface area contributed by atoms with Crippen LogP contribution in [0.3, 0.4) is 0 Å². The number of nitrogens with zero attached hydrogens (tertiary/aromatic N) is 1. The van der Waals surface area contributed by atoms with Crippen molar-refractivity contribution >= 4 is 5.69 Å². The van der Waals surface area contributed by atoms with Crippen LogP contribution in [0.4, 0.5) is 5.69 Å². The Labute approximate surface area is 95.1 Å². The van der Waals surface area contributed by atoms with Crippen LogP contribution in [0.5, 0.6) is 0 Å². The van der Waals surface area contributed by atoms with E-state index in [-0.39, 0.29) is 0 Å². The Balaban J connectivity index is 2.16. The molecule has 0 atom stereocenters. The summed E-state index contributed by atoms with van der Waals surface area (Å²) >= 11 is 0. The van der Waals surface area contributed by atoms with Crippen LogP contribution in [0.1, 0.15) is 17.7 Å². The van der Waals surface area contributed by atoms with Crippen molar-refractivity contribution in [1.29, 1.82) is 0 Å². The first-order valence-corrected chi connectivity index (χ1v) is 5.68. The predicted octanol–water partition coefficient (Wildman–Crippen LogP) is 2.82. The molecule has 0 radical (unpaired) electrons. The molecule has 1 aromatic carbocycles. The molecule has 3 rings (SSSR count). The summed E-state index contributed by atoms with van der Waals surface area (Å²) in [5.41, 5.74) is 11.8. The maximum Gasteiger partial charge on any atom is 0.0460 e. The van der Waals surface area contributed by atoms with E-state index in [1.165, 1.54) is 17.7 Å². The van der Waals surface area contributed by atoms with Gasteiger partial charge in [-0.05, 0) is 30.4 Å². The van der Waals surface area contributed by atoms with Gasteiger partial charge in [-0.25, -0.2) is 0 Å². The number of aromatic nitrogens is 1. The van der Waals surface area contributed by atoms with Crippen LogP contribution in [-0.2, 0) is 12.8 Å². The number of pyridine rings is 1. The number of rotatable bonds is 1. The third-order valence-corrected chi connectivity index (χ3v) is 3.24. The van der Waals surface area contributed by atoms with Gasteiger partial charge in [0.15, 0.2) is 0 Å². The van der Waals surface area contributed by atoms with Crippen molar-refractivity contribution in [2.45, 2.75) is 19.3 Å². The molecule has 1 heterocycles. The molecule has 1 aliphatic rings. The number of hydrogen-bond acceptors (Lipinski definition) is 2. The number of aryl methyl sites for hydroxylation is 1. The lowest BCUT2D eigenvalue weighted by atomic mass is 10.0. The molecule has 1 aliphatic carbocycles. The minimum Gasteiger partial charge on any atom is -0.398 e. The SMILES string of the molecule is Nc1c(-c2ccccc2)cnc2c1CCC2. The topological polar surface area (TPSA) is 38.9 Å². The lowest BCUT2D eigenvalue weighted by Gasteiger charge is -2.09. The van der Waals surface area contributed by atoms with Gasteiger partial charge in [-0.2, -0.15) is 0 Å². The molecule has 2 aromatic rings. The Morgan fingerprint density at radius 3 is 2.69 bits per heavy atom. The Hall–Kier alpha value is -1.83. The first-order valence-electron chi connectivity index (χ1n) is 5.68. The Bertz CT molecular complexity index is 518. The summed E-state index contributed by atoms with van der Waals surface area (Å²) in [7, 11) is 0. The standard InChI is InChI=1S/C14H14N2/c15-14-11-7-4-8-13(11)16-9-12(14)10-5-2-1-3-6-10/h1-3,5-6,9H,4,7-8H2,(H2,15,16). The highest BCUT2D eigenvalue weighted by Crippen LogP contribution is 2.33. The molecule has 0 fully saturated rings. The first kappa shape index (κ1) is 9.40. The van der Waals surface area contributed by atoms with Crippen molar-refractivity contribution in [2.24, 2.45) is 0 Å². The first-order chi connectivity index (χ1) is 7.86. The molecule has 0 amide bonds. The summed E-state index contributed by atoms with van der Waals surface area (Å²) in [6.07, 6.45) is 5.25. The zero-order chi connectivity index (χ0) is 11.0. The summed E-state index contributed by atoms with van der Waals surface area (Å²) in [6.45, 7) is 0. The van der Waals surface area contributed by atoms with Gasteiger partial charge in [-0.1, -0.05) is 30.3 Å². The van der Waals surface area contributed by atoms with Gasteiger partial charge < -0.3 is 5.73 Å². The maximum absolute atomic E-state index is 6.23. The molecule has 16 heavy (non-hydrogen) atoms. The van der Waals surface area contributed by atoms with E-state index in [2.05, 4.69) is 17.1 Å². The van der Waals surface area contributed by atoms with Crippen LogP contribution in [0.25, 0.3) is 11.1 Å². The molecule has 0 aliphatic heterocycles. The highest BCUT2D eigenvalue weighted by Gasteiger charge is 2.17. The van der Waals surface area contributed by atoms with Crippen molar-refractivity contribution in [1.82, 2.24) is 4.98 Å². The normalized spacial score (nSPS) is 13.8. The quantitative estimate of drug-likeness (QED) is 0.786. The fourth-order valence-electron chi connectivity index (χ4n) is 2.38. The maximum atomic E-state index is 6.23. The lowest BCUT2D eigenvalue weighted by Crippen LogP contribution is -1.99. The van der Waals surface area contributed by atoms with Gasteiger partial charge in [0.05, 0.1) is 0 Å². The van der Waals surface area contributed by atoms with Crippen molar-refractivity contribution in [3.05, 3.63) is 47.8 Å². The molecule has 0 saturated heterocycles. The Morgan fingerprint density at radius 2 is 1.88 bits per heavy atom. The molecule has 0 bridgehead atoms. The highest BCUT2D eigenvalue weighted by atomic mass is 14.7. The monoisotopic (exact) mass is 210 g/mol. The minimum atomic E-state index is 0.925. The molecule has 0 spiro atoms. The summed E-state index contributed by atoms with van der Waals surface area (Å²) < 4.78 is 0. The average molecular weight is 210 g/mol. The van der Waals surface area contributed by atoms with E-state index < -0.39 is 0 Å². The summed E-state index contributed by atoms with van der Waals surface area (Å²) in [6, 6.07) is 10.2. The van der Waals surface area contributed by atoms with Gasteiger partial charge in [0.2, 0.25) is 0 Å². The lowest BCUT2D eigenvalue weighted by molar-refractivity contribution is 0.900. The average Bonchev–Trinajstić information content (AvgIpc) is 2.80. The van der Waals surface area contributed by atoms with E-state index in [1.54, 1.807) is 0 Å². The second-order valence-corrected chi connectivity index (χ2v) is 4.23. The number of fused-ring (bicyclic) bond motifs is 1. The van der Waals surface area contributed by atoms with Crippen molar-refractivity contribution in [3.63, 3.8) is 0 Å². The van der Waals surface area contributed by atoms with Gasteiger partial charge in [-0.15, -0.1) is 0 Å². The molecule has 1 aromatic heterocycles. The second-order valence-electron chi connectivity index (χ2n) is 4.23. The van der Waals surface area contributed by atoms with E-state index in [1.807, 2.05) is 24.4 Å². The Morgan fingerprint density at radius 1 is 1.06 bits per heavy atom. The van der Waals surface area contributed by atoms with Crippen LogP contribution < -0.4 is 5.73 Å². The molecule has 2 heteroatoms. The predicted molar refractivity (Wildman–Crippen MR) is 66.1 cm³/mol. The van der Waals surface area contributed by atoms with Gasteiger partial charge in [-0.3, -0.25) is 4.98 Å². The van der Waals surface area contributed by atoms with Gasteiger partial charge in [0.25, 0.3) is 0 Å². The molecule has 0 unspecified atom stereocenters. The fourth-order valence-corrected chi connectivity index (χ4v) is 2.38. The summed E-state index contributed by atoms with van der Waals surface area (Å²) in [5.74, 6) is 0. The highest BCUT2D eigenvalue weighted by molar-refractivity contribution is 5.78. The third kappa shape index (κ3) is 1.38. The van der Waals surface area contributed by atoms with Crippen LogP contribution in [-0.4, -0.2) is 4.98 Å². The second kappa shape index (κ2) is 3.63. The number of hydrogen-bond donors (Lipinski definition) is 1. The molecular formula is C14H14N2. The van der Waals surface area contributed by atoms with Crippen LogP contribution in [0, 0.1) is 0 Å². The third-order valence-electron chi connectivity index (χ3n) is 3.24. The minimum absolute atomic E-state index is 0.925. The Kier molecular flexibility index (Phi) is 2.13. The molecular weight excluding hydrogens is 196 g/mol. The molecule has 0 saturated carbocycles. The zero-order valence-corrected chi connectivity index (χ0v) is 9.11. The van der Waals surface area contributed by atoms with Gasteiger partial charge in [0.1, 0.15) is 0 Å². The number of benzene rings is 1. The van der Waals surface area contributed by atoms with Crippen LogP contribution in [0.15, 0.2) is 36.5 Å². The van der Waals surface area contributed by atoms with E-state index in [0.717, 1.165) is 29.7 Å². The largest absolute Gasteiger partial charge is 0.398 e. The molecule has 2 N–H and O–H groups in total. The van der Waals surface area contributed by atoms with Gasteiger partial charge >= 0.3 is 0 Å². The number of nitrogen functional groups attached to an aromatic ring is 1. The molecule has 80 valence electrons. The van der Waals surface area contributed by atoms with Crippen LogP contribution >= 0.6 is 0 Å². The number of anilines is 1. The van der Waals surface area contributed by atoms with E-state index in [4.69, 9.17) is 5.73 Å². The van der Waals surface area contributed by atoms with E-state index >= 15 is 0 Å². The summed E-state index contributed by atoms with van der Waals surface area (Å²) in [4.78, 5) is 4.52. The summed E-state index contributed by atoms with van der Waals surface area (Å²) in [5, 5.41) is 0. The zero-order valence-electron chi connectivity index (χ0n) is 9.11. The fraction of sp³-hybridized carbons (Fsp3) is 0.214. The molecule has 2 nitrogen and oxygen atoms in total. The van der Waals surface area contributed by atoms with Crippen molar-refractivity contribution in [2.75, 3.05) is 5.73 Å². The van der Waals surface area contributed by atoms with E-state index in [9.17, 15) is 0 Å². The van der Waals surface area contributed by atoms with Crippen LogP contribution in [0.2, 0.25) is 0 Å². The van der Waals surface area contributed by atoms with Crippen molar-refractivity contribution in [3.8, 4) is 11.1 Å². The smallest absolute Gasteiger partial charge is 0.0460 e.